The first-order chi connectivity index (χ1) is 8.76. The normalized spacial score (nSPS) is 42.3. The van der Waals surface area contributed by atoms with E-state index >= 15 is 0 Å². The van der Waals surface area contributed by atoms with Gasteiger partial charge in [-0.3, -0.25) is 11.3 Å². The van der Waals surface area contributed by atoms with Crippen molar-refractivity contribution in [2.75, 3.05) is 26.7 Å². The molecule has 3 aliphatic rings. The maximum Gasteiger partial charge on any atom is 0.0868 e. The van der Waals surface area contributed by atoms with Crippen molar-refractivity contribution in [2.45, 2.75) is 44.2 Å². The van der Waals surface area contributed by atoms with Gasteiger partial charge in [-0.25, -0.2) is 0 Å². The Morgan fingerprint density at radius 1 is 1.39 bits per heavy atom. The van der Waals surface area contributed by atoms with Crippen molar-refractivity contribution in [2.24, 2.45) is 23.6 Å². The van der Waals surface area contributed by atoms with Gasteiger partial charge in [0.15, 0.2) is 0 Å². The third kappa shape index (κ3) is 2.57. The van der Waals surface area contributed by atoms with Gasteiger partial charge in [-0.05, 0) is 50.5 Å². The number of hydrazine groups is 1. The van der Waals surface area contributed by atoms with Gasteiger partial charge in [-0.2, -0.15) is 0 Å². The second kappa shape index (κ2) is 5.45. The molecule has 0 aromatic carbocycles. The molecule has 2 aliphatic carbocycles. The van der Waals surface area contributed by atoms with E-state index in [-0.39, 0.29) is 6.10 Å². The fourth-order valence-corrected chi connectivity index (χ4v) is 4.37. The molecular weight excluding hydrogens is 226 g/mol. The van der Waals surface area contributed by atoms with Crippen LogP contribution in [0.5, 0.6) is 0 Å². The van der Waals surface area contributed by atoms with Crippen molar-refractivity contribution < 1.29 is 4.74 Å². The van der Waals surface area contributed by atoms with Crippen LogP contribution in [-0.2, 0) is 4.74 Å². The Morgan fingerprint density at radius 3 is 2.89 bits per heavy atom. The van der Waals surface area contributed by atoms with E-state index in [9.17, 15) is 0 Å². The summed E-state index contributed by atoms with van der Waals surface area (Å²) in [6.45, 7) is 2.90. The van der Waals surface area contributed by atoms with E-state index in [0.29, 0.717) is 6.04 Å². The molecule has 5 unspecified atom stereocenters. The number of hydrogen-bond acceptors (Lipinski definition) is 4. The molecule has 0 amide bonds. The quantitative estimate of drug-likeness (QED) is 0.579. The fourth-order valence-electron chi connectivity index (χ4n) is 4.37. The average Bonchev–Trinajstić information content (AvgIpc) is 2.98. The van der Waals surface area contributed by atoms with Crippen LogP contribution >= 0.6 is 0 Å². The summed E-state index contributed by atoms with van der Waals surface area (Å²) in [7, 11) is 2.17. The van der Waals surface area contributed by atoms with E-state index in [4.69, 9.17) is 10.6 Å². The molecule has 3 rings (SSSR count). The van der Waals surface area contributed by atoms with Gasteiger partial charge in [0.2, 0.25) is 0 Å². The minimum Gasteiger partial charge on any atom is -0.374 e. The summed E-state index contributed by atoms with van der Waals surface area (Å²) in [5, 5.41) is 0. The Kier molecular flexibility index (Phi) is 3.89. The van der Waals surface area contributed by atoms with Crippen molar-refractivity contribution in [3.8, 4) is 0 Å². The van der Waals surface area contributed by atoms with E-state index in [1.807, 2.05) is 0 Å². The summed E-state index contributed by atoms with van der Waals surface area (Å²) < 4.78 is 5.91. The summed E-state index contributed by atoms with van der Waals surface area (Å²) in [4.78, 5) is 2.35. The maximum absolute atomic E-state index is 5.91. The van der Waals surface area contributed by atoms with Gasteiger partial charge in [0.1, 0.15) is 0 Å². The van der Waals surface area contributed by atoms with Crippen LogP contribution in [0, 0.1) is 17.8 Å². The van der Waals surface area contributed by atoms with Gasteiger partial charge in [0, 0.05) is 19.1 Å². The van der Waals surface area contributed by atoms with E-state index in [1.54, 1.807) is 0 Å². The number of fused-ring (bicyclic) bond motifs is 2. The number of hydrogen-bond donors (Lipinski definition) is 2. The number of morpholine rings is 1. The molecule has 4 nitrogen and oxygen atoms in total. The molecule has 5 atom stereocenters. The van der Waals surface area contributed by atoms with E-state index in [2.05, 4.69) is 17.4 Å². The van der Waals surface area contributed by atoms with E-state index in [1.165, 1.54) is 32.1 Å². The summed E-state index contributed by atoms with van der Waals surface area (Å²) in [6, 6.07) is 0.331. The SMILES string of the molecule is CN1CCOC(C(CC2CC3CCC2C3)NN)C1. The zero-order valence-corrected chi connectivity index (χ0v) is 11.5. The molecule has 3 fully saturated rings. The lowest BCUT2D eigenvalue weighted by molar-refractivity contribution is -0.0437. The largest absolute Gasteiger partial charge is 0.374 e. The lowest BCUT2D eigenvalue weighted by atomic mass is 9.83. The molecule has 0 spiro atoms. The summed E-state index contributed by atoms with van der Waals surface area (Å²) >= 11 is 0. The van der Waals surface area contributed by atoms with Crippen molar-refractivity contribution in [1.29, 1.82) is 0 Å². The molecule has 104 valence electrons. The number of nitrogens with two attached hydrogens (primary N) is 1. The van der Waals surface area contributed by atoms with Crippen LogP contribution in [0.4, 0.5) is 0 Å². The Labute approximate surface area is 110 Å². The summed E-state index contributed by atoms with van der Waals surface area (Å²) in [5.41, 5.74) is 3.03. The zero-order valence-electron chi connectivity index (χ0n) is 11.5. The Morgan fingerprint density at radius 2 is 2.28 bits per heavy atom. The predicted octanol–water partition coefficient (Wildman–Crippen LogP) is 0.975. The highest BCUT2D eigenvalue weighted by Crippen LogP contribution is 2.50. The lowest BCUT2D eigenvalue weighted by Gasteiger charge is -2.37. The number of rotatable bonds is 4. The molecule has 1 heterocycles. The number of ether oxygens (including phenoxy) is 1. The van der Waals surface area contributed by atoms with E-state index < -0.39 is 0 Å². The number of nitrogens with zero attached hydrogens (tertiary/aromatic N) is 1. The first-order valence-electron chi connectivity index (χ1n) is 7.52. The molecule has 18 heavy (non-hydrogen) atoms. The summed E-state index contributed by atoms with van der Waals surface area (Å²) in [6.07, 6.45) is 7.32. The van der Waals surface area contributed by atoms with Crippen molar-refractivity contribution in [1.82, 2.24) is 10.3 Å². The maximum atomic E-state index is 5.91. The van der Waals surface area contributed by atoms with Gasteiger partial charge in [-0.15, -0.1) is 0 Å². The third-order valence-corrected chi connectivity index (χ3v) is 5.40. The van der Waals surface area contributed by atoms with Crippen molar-refractivity contribution >= 4 is 0 Å². The molecule has 1 aliphatic heterocycles. The molecule has 0 radical (unpaired) electrons. The highest BCUT2D eigenvalue weighted by Gasteiger charge is 2.41. The van der Waals surface area contributed by atoms with Crippen LogP contribution in [0.3, 0.4) is 0 Å². The van der Waals surface area contributed by atoms with E-state index in [0.717, 1.165) is 37.5 Å². The van der Waals surface area contributed by atoms with Gasteiger partial charge in [0.05, 0.1) is 12.7 Å². The van der Waals surface area contributed by atoms with Gasteiger partial charge in [0.25, 0.3) is 0 Å². The van der Waals surface area contributed by atoms with Crippen molar-refractivity contribution in [3.05, 3.63) is 0 Å². The topological polar surface area (TPSA) is 50.5 Å². The molecule has 0 aromatic rings. The first-order valence-corrected chi connectivity index (χ1v) is 7.52. The van der Waals surface area contributed by atoms with Crippen LogP contribution in [0.25, 0.3) is 0 Å². The van der Waals surface area contributed by atoms with Gasteiger partial charge >= 0.3 is 0 Å². The minimum absolute atomic E-state index is 0.271. The molecule has 2 saturated carbocycles. The Bertz CT molecular complexity index is 286. The Balaban J connectivity index is 1.55. The average molecular weight is 253 g/mol. The highest BCUT2D eigenvalue weighted by molar-refractivity contribution is 4.93. The van der Waals surface area contributed by atoms with Crippen LogP contribution in [-0.4, -0.2) is 43.8 Å². The smallest absolute Gasteiger partial charge is 0.0868 e. The minimum atomic E-state index is 0.271. The van der Waals surface area contributed by atoms with Gasteiger partial charge < -0.3 is 9.64 Å². The van der Waals surface area contributed by atoms with Crippen molar-refractivity contribution in [3.63, 3.8) is 0 Å². The lowest BCUT2D eigenvalue weighted by Crippen LogP contribution is -2.53. The molecule has 3 N–H and O–H groups in total. The van der Waals surface area contributed by atoms with Gasteiger partial charge in [-0.1, -0.05) is 6.42 Å². The summed E-state index contributed by atoms with van der Waals surface area (Å²) in [5.74, 6) is 8.67. The second-order valence-corrected chi connectivity index (χ2v) is 6.62. The highest BCUT2D eigenvalue weighted by atomic mass is 16.5. The number of likely N-dealkylation sites (N-methyl/N-ethyl adjacent to an activating group) is 1. The molecule has 1 saturated heterocycles. The monoisotopic (exact) mass is 253 g/mol. The van der Waals surface area contributed by atoms with Crippen LogP contribution < -0.4 is 11.3 Å². The van der Waals surface area contributed by atoms with Crippen LogP contribution in [0.2, 0.25) is 0 Å². The molecule has 2 bridgehead atoms. The molecular formula is C14H27N3O. The standard InChI is InChI=1S/C14H27N3O/c1-17-4-5-18-14(9-17)13(16-15)8-12-7-10-2-3-11(12)6-10/h10-14,16H,2-9,15H2,1H3. The molecule has 4 heteroatoms. The molecule has 0 aromatic heterocycles. The second-order valence-electron chi connectivity index (χ2n) is 6.62. The van der Waals surface area contributed by atoms with Crippen LogP contribution in [0.15, 0.2) is 0 Å². The Hall–Kier alpha value is -0.160. The third-order valence-electron chi connectivity index (χ3n) is 5.40. The number of nitrogens with one attached hydrogen (secondary N) is 1. The predicted molar refractivity (Wildman–Crippen MR) is 71.9 cm³/mol. The first kappa shape index (κ1) is 12.9. The van der Waals surface area contributed by atoms with Crippen LogP contribution in [0.1, 0.15) is 32.1 Å². The fraction of sp³-hybridized carbons (Fsp3) is 1.00. The zero-order chi connectivity index (χ0) is 12.5.